The number of benzene rings is 1. The summed E-state index contributed by atoms with van der Waals surface area (Å²) >= 11 is 0. The Hall–Kier alpha value is -1.14. The highest BCUT2D eigenvalue weighted by Crippen LogP contribution is 2.37. The summed E-state index contributed by atoms with van der Waals surface area (Å²) < 4.78 is 42.6. The second-order valence-electron chi connectivity index (χ2n) is 5.93. The number of halogens is 2. The van der Waals surface area contributed by atoms with Gasteiger partial charge >= 0.3 is 7.12 Å². The second-order valence-corrected chi connectivity index (χ2v) is 5.93. The molecule has 110 valence electrons. The zero-order chi connectivity index (χ0) is 15.1. The van der Waals surface area contributed by atoms with E-state index < -0.39 is 24.7 Å². The minimum atomic E-state index is -2.56. The topological polar surface area (TPSA) is 27.7 Å². The number of alkyl halides is 2. The summed E-state index contributed by atoms with van der Waals surface area (Å²) in [5, 5.41) is 0. The lowest BCUT2D eigenvalue weighted by molar-refractivity contribution is 0.00578. The summed E-state index contributed by atoms with van der Waals surface area (Å²) in [5.74, 6) is 0.368. The Kier molecular flexibility index (Phi) is 3.82. The van der Waals surface area contributed by atoms with Gasteiger partial charge in [0.05, 0.1) is 18.3 Å². The molecule has 0 amide bonds. The van der Waals surface area contributed by atoms with Crippen molar-refractivity contribution < 1.29 is 22.8 Å². The van der Waals surface area contributed by atoms with Crippen LogP contribution in [0.5, 0.6) is 5.75 Å². The first kappa shape index (κ1) is 15.3. The fourth-order valence-electron chi connectivity index (χ4n) is 2.01. The number of rotatable bonds is 3. The van der Waals surface area contributed by atoms with Gasteiger partial charge in [0.15, 0.2) is 0 Å². The third-order valence-electron chi connectivity index (χ3n) is 3.96. The molecule has 1 saturated heterocycles. The largest absolute Gasteiger partial charge is 0.497 e. The van der Waals surface area contributed by atoms with Gasteiger partial charge in [-0.05, 0) is 45.3 Å². The van der Waals surface area contributed by atoms with Crippen LogP contribution < -0.4 is 10.2 Å². The van der Waals surface area contributed by atoms with E-state index in [9.17, 15) is 8.78 Å². The molecule has 1 aromatic rings. The van der Waals surface area contributed by atoms with Gasteiger partial charge < -0.3 is 14.0 Å². The first-order valence-electron chi connectivity index (χ1n) is 6.49. The van der Waals surface area contributed by atoms with E-state index in [0.717, 1.165) is 0 Å². The predicted octanol–water partition coefficient (Wildman–Crippen LogP) is 2.93. The van der Waals surface area contributed by atoms with Crippen LogP contribution in [0.15, 0.2) is 18.2 Å². The fraction of sp³-hybridized carbons (Fsp3) is 0.571. The molecule has 0 bridgehead atoms. The van der Waals surface area contributed by atoms with E-state index in [4.69, 9.17) is 14.0 Å². The van der Waals surface area contributed by atoms with E-state index in [1.165, 1.54) is 19.2 Å². The molecule has 0 radical (unpaired) electrons. The van der Waals surface area contributed by atoms with Gasteiger partial charge in [0.25, 0.3) is 6.43 Å². The third-order valence-corrected chi connectivity index (χ3v) is 3.96. The Labute approximate surface area is 118 Å². The Morgan fingerprint density at radius 2 is 1.60 bits per heavy atom. The van der Waals surface area contributed by atoms with Crippen molar-refractivity contribution in [2.24, 2.45) is 0 Å². The minimum absolute atomic E-state index is 0.103. The number of ether oxygens (including phenoxy) is 1. The molecule has 0 aliphatic carbocycles. The smallest absolute Gasteiger partial charge is 0.494 e. The molecular formula is C14H19BF2O3. The van der Waals surface area contributed by atoms with Gasteiger partial charge in [-0.3, -0.25) is 0 Å². The highest BCUT2D eigenvalue weighted by Gasteiger charge is 2.51. The lowest BCUT2D eigenvalue weighted by Crippen LogP contribution is -2.41. The molecule has 6 heteroatoms. The van der Waals surface area contributed by atoms with Crippen LogP contribution in [0, 0.1) is 0 Å². The van der Waals surface area contributed by atoms with Crippen molar-refractivity contribution in [3.63, 3.8) is 0 Å². The average Bonchev–Trinajstić information content (AvgIpc) is 2.58. The van der Waals surface area contributed by atoms with Crippen molar-refractivity contribution in [2.75, 3.05) is 7.11 Å². The summed E-state index contributed by atoms with van der Waals surface area (Å²) in [4.78, 5) is 0. The van der Waals surface area contributed by atoms with Gasteiger partial charge in [-0.1, -0.05) is 6.07 Å². The maximum absolute atomic E-state index is 12.9. The lowest BCUT2D eigenvalue weighted by Gasteiger charge is -2.32. The number of hydrogen-bond donors (Lipinski definition) is 0. The molecule has 1 heterocycles. The minimum Gasteiger partial charge on any atom is -0.497 e. The van der Waals surface area contributed by atoms with E-state index in [-0.39, 0.29) is 5.56 Å². The molecule has 0 saturated carbocycles. The van der Waals surface area contributed by atoms with Gasteiger partial charge in [-0.25, -0.2) is 8.78 Å². The van der Waals surface area contributed by atoms with E-state index in [0.29, 0.717) is 11.2 Å². The van der Waals surface area contributed by atoms with Gasteiger partial charge in [-0.15, -0.1) is 0 Å². The van der Waals surface area contributed by atoms with Crippen LogP contribution in [0.1, 0.15) is 39.7 Å². The summed E-state index contributed by atoms with van der Waals surface area (Å²) in [6, 6.07) is 4.38. The summed E-state index contributed by atoms with van der Waals surface area (Å²) in [5.41, 5.74) is -0.579. The third kappa shape index (κ3) is 2.67. The fourth-order valence-corrected chi connectivity index (χ4v) is 2.01. The summed E-state index contributed by atoms with van der Waals surface area (Å²) in [7, 11) is 0.770. The zero-order valence-corrected chi connectivity index (χ0v) is 12.4. The highest BCUT2D eigenvalue weighted by atomic mass is 19.3. The standard InChI is InChI=1S/C14H19BF2O3/c1-13(2)14(3,4)20-15(19-13)10-6-9(12(16)17)7-11(8-10)18-5/h6-8,12H,1-5H3. The Bertz CT molecular complexity index is 487. The maximum Gasteiger partial charge on any atom is 0.494 e. The van der Waals surface area contributed by atoms with Gasteiger partial charge in [0.1, 0.15) is 5.75 Å². The average molecular weight is 284 g/mol. The lowest BCUT2D eigenvalue weighted by atomic mass is 9.78. The van der Waals surface area contributed by atoms with Crippen LogP contribution in [0.2, 0.25) is 0 Å². The molecule has 1 aliphatic rings. The molecule has 0 aromatic heterocycles. The Balaban J connectivity index is 2.37. The zero-order valence-electron chi connectivity index (χ0n) is 12.4. The van der Waals surface area contributed by atoms with Crippen molar-refractivity contribution >= 4 is 12.6 Å². The van der Waals surface area contributed by atoms with E-state index in [1.54, 1.807) is 6.07 Å². The van der Waals surface area contributed by atoms with Crippen molar-refractivity contribution in [3.05, 3.63) is 23.8 Å². The Morgan fingerprint density at radius 3 is 2.05 bits per heavy atom. The molecule has 20 heavy (non-hydrogen) atoms. The molecule has 0 N–H and O–H groups in total. The van der Waals surface area contributed by atoms with E-state index in [2.05, 4.69) is 0 Å². The predicted molar refractivity (Wildman–Crippen MR) is 73.7 cm³/mol. The van der Waals surface area contributed by atoms with Crippen molar-refractivity contribution in [1.29, 1.82) is 0 Å². The number of methoxy groups -OCH3 is 1. The van der Waals surface area contributed by atoms with Crippen molar-refractivity contribution in [3.8, 4) is 5.75 Å². The van der Waals surface area contributed by atoms with Gasteiger partial charge in [0.2, 0.25) is 0 Å². The highest BCUT2D eigenvalue weighted by molar-refractivity contribution is 6.62. The number of hydrogen-bond acceptors (Lipinski definition) is 3. The van der Waals surface area contributed by atoms with Crippen LogP contribution in [0.3, 0.4) is 0 Å². The molecule has 1 fully saturated rings. The summed E-state index contributed by atoms with van der Waals surface area (Å²) in [6.45, 7) is 7.67. The molecule has 0 atom stereocenters. The van der Waals surface area contributed by atoms with Crippen molar-refractivity contribution in [1.82, 2.24) is 0 Å². The van der Waals surface area contributed by atoms with Crippen LogP contribution in [-0.2, 0) is 9.31 Å². The molecule has 0 spiro atoms. The quantitative estimate of drug-likeness (QED) is 0.799. The van der Waals surface area contributed by atoms with Gasteiger partial charge in [0, 0.05) is 5.56 Å². The molecule has 1 aliphatic heterocycles. The van der Waals surface area contributed by atoms with Crippen LogP contribution >= 0.6 is 0 Å². The second kappa shape index (κ2) is 5.00. The normalized spacial score (nSPS) is 20.5. The molecule has 1 aromatic carbocycles. The van der Waals surface area contributed by atoms with Crippen LogP contribution in [0.4, 0.5) is 8.78 Å². The van der Waals surface area contributed by atoms with Crippen LogP contribution in [0.25, 0.3) is 0 Å². The van der Waals surface area contributed by atoms with Crippen LogP contribution in [-0.4, -0.2) is 25.4 Å². The molecular weight excluding hydrogens is 265 g/mol. The molecule has 2 rings (SSSR count). The monoisotopic (exact) mass is 284 g/mol. The molecule has 3 nitrogen and oxygen atoms in total. The Morgan fingerprint density at radius 1 is 1.05 bits per heavy atom. The van der Waals surface area contributed by atoms with E-state index in [1.807, 2.05) is 27.7 Å². The molecule has 0 unspecified atom stereocenters. The first-order valence-corrected chi connectivity index (χ1v) is 6.49. The van der Waals surface area contributed by atoms with E-state index >= 15 is 0 Å². The summed E-state index contributed by atoms with van der Waals surface area (Å²) in [6.07, 6.45) is -2.56. The first-order chi connectivity index (χ1) is 9.16. The SMILES string of the molecule is COc1cc(B2OC(C)(C)C(C)(C)O2)cc(C(F)F)c1. The maximum atomic E-state index is 12.9. The van der Waals surface area contributed by atoms with Crippen molar-refractivity contribution in [2.45, 2.75) is 45.3 Å². The van der Waals surface area contributed by atoms with Gasteiger partial charge in [-0.2, -0.15) is 0 Å².